The zero-order valence-corrected chi connectivity index (χ0v) is 22.3. The van der Waals surface area contributed by atoms with Crippen LogP contribution in [0.4, 0.5) is 18.9 Å². The number of amides is 1. The van der Waals surface area contributed by atoms with E-state index in [0.29, 0.717) is 24.9 Å². The van der Waals surface area contributed by atoms with Crippen molar-refractivity contribution in [3.63, 3.8) is 0 Å². The highest BCUT2D eigenvalue weighted by atomic mass is 32.2. The highest BCUT2D eigenvalue weighted by Gasteiger charge is 2.48. The Balaban J connectivity index is 2.32. The van der Waals surface area contributed by atoms with Crippen LogP contribution in [0.15, 0.2) is 36.4 Å². The smallest absolute Gasteiger partial charge is 0.469 e. The molecule has 204 valence electrons. The molecule has 0 aromatic heterocycles. The number of carbonyl (C=O) groups is 2. The molecule has 0 saturated heterocycles. The number of carbonyl (C=O) groups excluding carboxylic acids is 2. The number of anilines is 1. The zero-order chi connectivity index (χ0) is 28.0. The van der Waals surface area contributed by atoms with E-state index in [9.17, 15) is 31.2 Å². The molecule has 0 spiro atoms. The summed E-state index contributed by atoms with van der Waals surface area (Å²) in [6, 6.07) is 10.1. The first kappa shape index (κ1) is 30.1. The van der Waals surface area contributed by atoms with Crippen LogP contribution in [-0.4, -0.2) is 32.9 Å². The van der Waals surface area contributed by atoms with Gasteiger partial charge in [-0.2, -0.15) is 21.6 Å². The summed E-state index contributed by atoms with van der Waals surface area (Å²) in [4.78, 5) is 23.5. The quantitative estimate of drug-likeness (QED) is 0.215. The lowest BCUT2D eigenvalue weighted by Gasteiger charge is -2.34. The van der Waals surface area contributed by atoms with Gasteiger partial charge in [-0.05, 0) is 67.5 Å². The monoisotopic (exact) mass is 543 g/mol. The van der Waals surface area contributed by atoms with Crippen molar-refractivity contribution in [1.29, 1.82) is 0 Å². The number of hydrogen-bond acceptors (Lipinski definition) is 6. The molecule has 11 heteroatoms. The third kappa shape index (κ3) is 7.03. The number of ether oxygens (including phenoxy) is 1. The predicted molar refractivity (Wildman–Crippen MR) is 134 cm³/mol. The second-order valence-corrected chi connectivity index (χ2v) is 10.3. The number of methoxy groups -OCH3 is 1. The first-order valence-corrected chi connectivity index (χ1v) is 13.2. The molecule has 0 radical (unpaired) electrons. The summed E-state index contributed by atoms with van der Waals surface area (Å²) in [6.45, 7) is 7.33. The van der Waals surface area contributed by atoms with Crippen LogP contribution in [0, 0.1) is 13.8 Å². The minimum atomic E-state index is -5.77. The molecule has 0 unspecified atom stereocenters. The van der Waals surface area contributed by atoms with E-state index >= 15 is 0 Å². The van der Waals surface area contributed by atoms with Gasteiger partial charge in [-0.25, -0.2) is 0 Å². The van der Waals surface area contributed by atoms with Gasteiger partial charge in [0.25, 0.3) is 0 Å². The van der Waals surface area contributed by atoms with E-state index in [1.165, 1.54) is 20.1 Å². The number of benzene rings is 2. The molecular weight excluding hydrogens is 511 g/mol. The molecule has 0 aliphatic carbocycles. The van der Waals surface area contributed by atoms with E-state index in [4.69, 9.17) is 0 Å². The number of alkyl halides is 3. The fourth-order valence-corrected chi connectivity index (χ4v) is 4.77. The number of nitrogens with one attached hydrogen (secondary N) is 1. The van der Waals surface area contributed by atoms with Gasteiger partial charge in [-0.1, -0.05) is 38.1 Å². The van der Waals surface area contributed by atoms with Gasteiger partial charge in [0.1, 0.15) is 5.75 Å². The van der Waals surface area contributed by atoms with Crippen LogP contribution < -0.4 is 9.50 Å². The summed E-state index contributed by atoms with van der Waals surface area (Å²) in [5.41, 5.74) is -2.60. The van der Waals surface area contributed by atoms with Crippen molar-refractivity contribution < 1.29 is 40.1 Å². The van der Waals surface area contributed by atoms with Crippen LogP contribution in [-0.2, 0) is 29.9 Å². The van der Waals surface area contributed by atoms with E-state index in [1.807, 2.05) is 32.9 Å². The molecule has 1 N–H and O–H groups in total. The molecule has 0 fully saturated rings. The van der Waals surface area contributed by atoms with E-state index in [0.717, 1.165) is 16.7 Å². The molecule has 0 aliphatic rings. The molecule has 0 heterocycles. The SMILES string of the molecule is CCC(CC)(c1ccc(NC(=O)CCCC(=O)OC)c(C)c1)c1ccc(OS(=O)(=O)C(F)(F)F)c(C)c1. The highest BCUT2D eigenvalue weighted by molar-refractivity contribution is 7.88. The van der Waals surface area contributed by atoms with Gasteiger partial charge in [-0.3, -0.25) is 9.59 Å². The Hall–Kier alpha value is -3.08. The summed E-state index contributed by atoms with van der Waals surface area (Å²) in [5, 5.41) is 2.85. The average Bonchev–Trinajstić information content (AvgIpc) is 2.82. The summed E-state index contributed by atoms with van der Waals surface area (Å²) in [6.07, 6.45) is 2.00. The first-order chi connectivity index (χ1) is 17.2. The standard InChI is InChI=1S/C26H32F3NO6S/c1-6-25(7-2,20-12-14-22(18(4)16-20)36-37(33,34)26(27,28)29)19-11-13-21(17(3)15-19)30-23(31)9-8-10-24(32)35-5/h11-16H,6-10H2,1-5H3,(H,30,31). The number of rotatable bonds is 11. The molecule has 7 nitrogen and oxygen atoms in total. The lowest BCUT2D eigenvalue weighted by atomic mass is 9.70. The molecule has 1 amide bonds. The minimum Gasteiger partial charge on any atom is -0.469 e. The summed E-state index contributed by atoms with van der Waals surface area (Å²) >= 11 is 0. The van der Waals surface area contributed by atoms with Crippen molar-refractivity contribution in [3.8, 4) is 5.75 Å². The topological polar surface area (TPSA) is 98.8 Å². The maximum atomic E-state index is 12.7. The Morgan fingerprint density at radius 1 is 0.919 bits per heavy atom. The Bertz CT molecular complexity index is 1240. The lowest BCUT2D eigenvalue weighted by molar-refractivity contribution is -0.140. The Kier molecular flexibility index (Phi) is 9.76. The van der Waals surface area contributed by atoms with Crippen molar-refractivity contribution in [2.45, 2.75) is 70.7 Å². The van der Waals surface area contributed by atoms with Crippen molar-refractivity contribution in [2.24, 2.45) is 0 Å². The average molecular weight is 544 g/mol. The molecule has 2 aromatic rings. The Labute approximate surface area is 215 Å². The van der Waals surface area contributed by atoms with Gasteiger partial charge < -0.3 is 14.2 Å². The molecule has 0 bridgehead atoms. The zero-order valence-electron chi connectivity index (χ0n) is 21.5. The van der Waals surface area contributed by atoms with Crippen LogP contribution in [0.25, 0.3) is 0 Å². The molecule has 0 atom stereocenters. The van der Waals surface area contributed by atoms with E-state index in [2.05, 4.69) is 14.2 Å². The second kappa shape index (κ2) is 12.0. The Morgan fingerprint density at radius 3 is 1.97 bits per heavy atom. The van der Waals surface area contributed by atoms with Gasteiger partial charge in [0, 0.05) is 23.9 Å². The number of aryl methyl sites for hydroxylation is 2. The van der Waals surface area contributed by atoms with Crippen LogP contribution >= 0.6 is 0 Å². The van der Waals surface area contributed by atoms with Crippen molar-refractivity contribution in [1.82, 2.24) is 0 Å². The van der Waals surface area contributed by atoms with Gasteiger partial charge in [0.15, 0.2) is 0 Å². The number of esters is 1. The molecule has 0 saturated carbocycles. The van der Waals surface area contributed by atoms with Gasteiger partial charge >= 0.3 is 21.6 Å². The fourth-order valence-electron chi connectivity index (χ4n) is 4.25. The normalized spacial score (nSPS) is 12.2. The third-order valence-corrected chi connectivity index (χ3v) is 7.45. The largest absolute Gasteiger partial charge is 0.534 e. The predicted octanol–water partition coefficient (Wildman–Crippen LogP) is 5.92. The molecule has 2 rings (SSSR count). The van der Waals surface area contributed by atoms with E-state index in [1.54, 1.807) is 18.2 Å². The molecule has 37 heavy (non-hydrogen) atoms. The van der Waals surface area contributed by atoms with Crippen LogP contribution in [0.5, 0.6) is 5.75 Å². The summed E-state index contributed by atoms with van der Waals surface area (Å²) in [7, 11) is -4.48. The lowest BCUT2D eigenvalue weighted by Crippen LogP contribution is -2.29. The second-order valence-electron chi connectivity index (χ2n) is 8.76. The minimum absolute atomic E-state index is 0.155. The molecule has 2 aromatic carbocycles. The third-order valence-electron chi connectivity index (χ3n) is 6.48. The molecular formula is C26H32F3NO6S. The Morgan fingerprint density at radius 2 is 1.49 bits per heavy atom. The van der Waals surface area contributed by atoms with Crippen molar-refractivity contribution in [2.75, 3.05) is 12.4 Å². The van der Waals surface area contributed by atoms with Crippen LogP contribution in [0.2, 0.25) is 0 Å². The molecule has 0 aliphatic heterocycles. The number of hydrogen-bond donors (Lipinski definition) is 1. The first-order valence-electron chi connectivity index (χ1n) is 11.8. The van der Waals surface area contributed by atoms with E-state index in [-0.39, 0.29) is 36.0 Å². The fraction of sp³-hybridized carbons (Fsp3) is 0.462. The maximum Gasteiger partial charge on any atom is 0.534 e. The van der Waals surface area contributed by atoms with E-state index < -0.39 is 21.0 Å². The summed E-state index contributed by atoms with van der Waals surface area (Å²) < 4.78 is 70.0. The van der Waals surface area contributed by atoms with Crippen LogP contribution in [0.3, 0.4) is 0 Å². The highest BCUT2D eigenvalue weighted by Crippen LogP contribution is 2.41. The van der Waals surface area contributed by atoms with Gasteiger partial charge in [0.05, 0.1) is 7.11 Å². The number of halogens is 3. The summed E-state index contributed by atoms with van der Waals surface area (Å²) in [5.74, 6) is -0.985. The van der Waals surface area contributed by atoms with Gasteiger partial charge in [-0.15, -0.1) is 0 Å². The maximum absolute atomic E-state index is 12.7. The van der Waals surface area contributed by atoms with Gasteiger partial charge in [0.2, 0.25) is 5.91 Å². The van der Waals surface area contributed by atoms with Crippen LogP contribution in [0.1, 0.15) is 68.2 Å². The van der Waals surface area contributed by atoms with Crippen molar-refractivity contribution in [3.05, 3.63) is 58.7 Å². The van der Waals surface area contributed by atoms with Crippen molar-refractivity contribution >= 4 is 27.7 Å².